The third-order valence-electron chi connectivity index (χ3n) is 18.2. The largest absolute Gasteiger partial charge is 0.465 e. The molecule has 0 atom stereocenters. The maximum Gasteiger partial charge on any atom is 0.308 e. The van der Waals surface area contributed by atoms with E-state index < -0.39 is 8.07 Å². The number of Topliss-reactive ketones (excluding diaryl/α,β-unsaturated/α-hetero) is 1. The van der Waals surface area contributed by atoms with Crippen LogP contribution in [0.25, 0.3) is 11.1 Å². The molecule has 0 bridgehead atoms. The number of ether oxygens (including phenoxy) is 5. The zero-order valence-electron chi connectivity index (χ0n) is 91.1. The summed E-state index contributed by atoms with van der Waals surface area (Å²) in [5.74, 6) is 8.51. The highest BCUT2D eigenvalue weighted by atomic mass is 28.3. The molecule has 0 heterocycles. The fourth-order valence-corrected chi connectivity index (χ4v) is 12.8. The lowest BCUT2D eigenvalue weighted by atomic mass is 9.98. The van der Waals surface area contributed by atoms with Crippen LogP contribution < -0.4 is 0 Å². The molecule has 0 aromatic heterocycles. The number of ketones is 1. The molecule has 738 valence electrons. The molecular formula is C116H204O11Si. The van der Waals surface area contributed by atoms with Gasteiger partial charge in [0.15, 0.2) is 0 Å². The van der Waals surface area contributed by atoms with E-state index in [4.69, 9.17) is 23.7 Å². The zero-order valence-corrected chi connectivity index (χ0v) is 92.1. The van der Waals surface area contributed by atoms with Gasteiger partial charge in [-0.1, -0.05) is 465 Å². The van der Waals surface area contributed by atoms with E-state index in [1.807, 2.05) is 132 Å². The van der Waals surface area contributed by atoms with Crippen LogP contribution in [0.2, 0.25) is 24.7 Å². The summed E-state index contributed by atoms with van der Waals surface area (Å²) in [6.07, 6.45) is 13.1. The molecule has 0 radical (unpaired) electrons. The molecule has 0 unspecified atom stereocenters. The standard InChI is InChI=1S/C18H18O2.C11H14O2.C11H22O2.C11H16.C10H14.C9H22Si.C8H16O2.C7H12O2.C7H16.C6H12.C5H10O.C5H12.2C4H10/c1-12(2)18(19)20-11-17-15-9-5-3-7-13(15)14-8-4-6-10-16(14)17;1-9(2)11(12)13-8-10-6-4-3-5-7-10;1-9(2)7-5-6-8-13-11(12)10(3)4;1-9(2)8-11-6-4-10(3)5-7-11;1-9(2)8-10-6-4-3-5-7-10;1-8(2)7-10(5,6)9(3)4;1-6(2)5-10-8(9)7(3)4;1-4-5-9-7(8)6(2)3;1-6(2)5-7(3)4;1-4-5-6(2)3;1-4(2)5(3)6;1-4-5(2)3;2*1-4(2)3/h3-10,12,17H,11H2,1-2H3;3-7,9H,8H2,1-2H3;9-10H,5-8H2,1-4H3;4-7,9H,8H2,1-3H3;3-7,9H,8H2,1-2H3;8-9H,7H2,1-6H3;6-7H,5H2,1-4H3;4,6H,1,5H2,2-3H3;6-7H,5H2,1-4H3;4,6H,1,5H2,2-3H3;4H,1-3H3;5H,4H2,1-3H3;2*4H,1-3H3. The van der Waals surface area contributed by atoms with Crippen molar-refractivity contribution in [2.24, 2.45) is 101 Å². The topological polar surface area (TPSA) is 149 Å². The van der Waals surface area contributed by atoms with Gasteiger partial charge < -0.3 is 23.7 Å². The molecule has 5 aromatic carbocycles. The van der Waals surface area contributed by atoms with Crippen LogP contribution >= 0.6 is 0 Å². The van der Waals surface area contributed by atoms with Gasteiger partial charge in [-0.3, -0.25) is 28.8 Å². The summed E-state index contributed by atoms with van der Waals surface area (Å²) in [6.45, 7) is 100. The van der Waals surface area contributed by atoms with Crippen LogP contribution in [0.1, 0.15) is 355 Å². The molecule has 0 fully saturated rings. The summed E-state index contributed by atoms with van der Waals surface area (Å²) in [5.41, 5.74) is 11.2. The molecule has 0 N–H and O–H groups in total. The second-order valence-electron chi connectivity index (χ2n) is 41.6. The molecule has 0 aliphatic heterocycles. The first-order valence-corrected chi connectivity index (χ1v) is 52.4. The molecule has 0 saturated carbocycles. The van der Waals surface area contributed by atoms with E-state index in [1.54, 1.807) is 26.8 Å². The number of benzene rings is 5. The Morgan fingerprint density at radius 1 is 0.367 bits per heavy atom. The fraction of sp³-hybridized carbons (Fsp3) is 0.655. The molecule has 0 amide bonds. The summed E-state index contributed by atoms with van der Waals surface area (Å²) < 4.78 is 25.2. The number of allylic oxidation sites excluding steroid dienone is 1. The number of hydrogen-bond donors (Lipinski definition) is 0. The van der Waals surface area contributed by atoms with Crippen LogP contribution in [0, 0.1) is 108 Å². The Morgan fingerprint density at radius 2 is 0.711 bits per heavy atom. The third kappa shape index (κ3) is 94.9. The first-order valence-electron chi connectivity index (χ1n) is 49.1. The Bertz CT molecular complexity index is 3360. The van der Waals surface area contributed by atoms with Gasteiger partial charge in [0.2, 0.25) is 0 Å². The third-order valence-corrected chi connectivity index (χ3v) is 23.2. The normalized spacial score (nSPS) is 10.8. The second-order valence-corrected chi connectivity index (χ2v) is 47.1. The number of unbranched alkanes of at least 4 members (excludes halogenated alkanes) is 1. The van der Waals surface area contributed by atoms with Crippen molar-refractivity contribution < 1.29 is 52.5 Å². The number of rotatable bonds is 31. The highest BCUT2D eigenvalue weighted by Crippen LogP contribution is 2.44. The van der Waals surface area contributed by atoms with Crippen molar-refractivity contribution in [2.75, 3.05) is 26.4 Å². The lowest BCUT2D eigenvalue weighted by Crippen LogP contribution is -2.30. The van der Waals surface area contributed by atoms with Crippen LogP contribution in [0.5, 0.6) is 0 Å². The van der Waals surface area contributed by atoms with Gasteiger partial charge >= 0.3 is 29.8 Å². The van der Waals surface area contributed by atoms with Gasteiger partial charge in [-0.15, -0.1) is 6.58 Å². The molecular weight excluding hydrogens is 1600 g/mol. The first kappa shape index (κ1) is 136. The monoisotopic (exact) mass is 1800 g/mol. The van der Waals surface area contributed by atoms with Crippen molar-refractivity contribution in [3.63, 3.8) is 0 Å². The molecule has 1 aliphatic rings. The van der Waals surface area contributed by atoms with Crippen molar-refractivity contribution >= 4 is 43.7 Å². The molecule has 1 aliphatic carbocycles. The summed E-state index contributed by atoms with van der Waals surface area (Å²) in [7, 11) is -0.844. The Morgan fingerprint density at radius 3 is 1.00 bits per heavy atom. The Kier molecular flexibility index (Phi) is 90.8. The van der Waals surface area contributed by atoms with Crippen molar-refractivity contribution in [2.45, 2.75) is 372 Å². The zero-order chi connectivity index (χ0) is 101. The second kappa shape index (κ2) is 85.3. The SMILES string of the molecule is C=CCC(C)C.C=CCOC(=O)C(C)C.CC(=O)C(C)C.CC(C)C.CC(C)C.CC(C)C(=O)OCC1c2ccccc2-c2ccccc21.CC(C)C(=O)OCc1ccccc1.CC(C)CC(C)C.CC(C)CCCCOC(=O)C(C)C.CC(C)COC(=O)C(C)C.CC(C)C[Si](C)(C)C(C)C.CC(C)Cc1ccccc1.CCC(C)C.Cc1ccc(CC(C)C)cc1. The van der Waals surface area contributed by atoms with Crippen LogP contribution in [0.3, 0.4) is 0 Å². The van der Waals surface area contributed by atoms with E-state index in [2.05, 4.69) is 297 Å². The first-order chi connectivity index (χ1) is 59.2. The molecule has 0 saturated heterocycles. The van der Waals surface area contributed by atoms with Crippen LogP contribution in [-0.2, 0) is 71.9 Å². The van der Waals surface area contributed by atoms with Crippen LogP contribution in [0.4, 0.5) is 0 Å². The number of aryl methyl sites for hydroxylation is 1. The maximum atomic E-state index is 11.7. The van der Waals surface area contributed by atoms with Crippen molar-refractivity contribution in [3.05, 3.63) is 192 Å². The summed E-state index contributed by atoms with van der Waals surface area (Å²) in [5, 5.41) is 0. The molecule has 128 heavy (non-hydrogen) atoms. The molecule has 11 nitrogen and oxygen atoms in total. The minimum atomic E-state index is -0.844. The minimum absolute atomic E-state index is 0.00116. The van der Waals surface area contributed by atoms with E-state index in [0.717, 1.165) is 89.5 Å². The molecule has 12 heteroatoms. The van der Waals surface area contributed by atoms with E-state index in [-0.39, 0.29) is 77.1 Å². The van der Waals surface area contributed by atoms with E-state index in [9.17, 15) is 28.8 Å². The predicted molar refractivity (Wildman–Crippen MR) is 564 cm³/mol. The quantitative estimate of drug-likeness (QED) is 0.0137. The predicted octanol–water partition coefficient (Wildman–Crippen LogP) is 34.0. The summed E-state index contributed by atoms with van der Waals surface area (Å²) in [4.78, 5) is 65.4. The lowest BCUT2D eigenvalue weighted by molar-refractivity contribution is -0.149. The van der Waals surface area contributed by atoms with Crippen LogP contribution in [0.15, 0.2) is 159 Å². The summed E-state index contributed by atoms with van der Waals surface area (Å²) in [6, 6.07) is 47.3. The Hall–Kier alpha value is -7.18. The highest BCUT2D eigenvalue weighted by molar-refractivity contribution is 6.78. The van der Waals surface area contributed by atoms with Gasteiger partial charge in [-0.25, -0.2) is 0 Å². The van der Waals surface area contributed by atoms with E-state index in [1.165, 1.54) is 77.1 Å². The number of hydrogen-bond acceptors (Lipinski definition) is 11. The van der Waals surface area contributed by atoms with Gasteiger partial charge in [0, 0.05) is 11.8 Å². The highest BCUT2D eigenvalue weighted by Gasteiger charge is 2.30. The fourth-order valence-electron chi connectivity index (χ4n) is 10.2. The van der Waals surface area contributed by atoms with Crippen molar-refractivity contribution in [3.8, 4) is 11.1 Å². The minimum Gasteiger partial charge on any atom is -0.465 e. The number of esters is 5. The average molecular weight is 1800 g/mol. The van der Waals surface area contributed by atoms with Gasteiger partial charge in [0.1, 0.15) is 25.6 Å². The molecule has 5 aromatic rings. The van der Waals surface area contributed by atoms with Gasteiger partial charge in [0.25, 0.3) is 0 Å². The van der Waals surface area contributed by atoms with E-state index >= 15 is 0 Å². The summed E-state index contributed by atoms with van der Waals surface area (Å²) >= 11 is 0. The molecule has 6 rings (SSSR count). The number of carbonyl (C=O) groups is 6. The van der Waals surface area contributed by atoms with E-state index in [0.29, 0.717) is 39.0 Å². The number of carbonyl (C=O) groups excluding carboxylic acids is 6. The Labute approximate surface area is 794 Å². The lowest BCUT2D eigenvalue weighted by Gasteiger charge is -2.28. The average Bonchev–Trinajstić information content (AvgIpc) is 1.62. The molecule has 0 spiro atoms. The van der Waals surface area contributed by atoms with Crippen molar-refractivity contribution in [1.82, 2.24) is 0 Å². The van der Waals surface area contributed by atoms with Gasteiger partial charge in [0.05, 0.1) is 50.9 Å². The van der Waals surface area contributed by atoms with Crippen molar-refractivity contribution in [1.29, 1.82) is 0 Å². The van der Waals surface area contributed by atoms with Gasteiger partial charge in [-0.2, -0.15) is 0 Å². The van der Waals surface area contributed by atoms with Gasteiger partial charge in [-0.05, 0) is 156 Å². The Balaban J connectivity index is -0.000000206. The van der Waals surface area contributed by atoms with Crippen LogP contribution in [-0.4, -0.2) is 70.1 Å². The maximum absolute atomic E-state index is 11.7. The number of fused-ring (bicyclic) bond motifs is 3. The smallest absolute Gasteiger partial charge is 0.308 e.